The summed E-state index contributed by atoms with van der Waals surface area (Å²) in [6, 6.07) is 1.80. The van der Waals surface area contributed by atoms with Gasteiger partial charge in [0.15, 0.2) is 0 Å². The van der Waals surface area contributed by atoms with Crippen LogP contribution in [0.5, 0.6) is 0 Å². The second-order valence-corrected chi connectivity index (χ2v) is 5.58. The van der Waals surface area contributed by atoms with E-state index in [0.29, 0.717) is 32.7 Å². The van der Waals surface area contributed by atoms with Crippen LogP contribution in [0.1, 0.15) is 24.6 Å². The molecule has 2 atom stereocenters. The van der Waals surface area contributed by atoms with Crippen molar-refractivity contribution in [2.45, 2.75) is 25.4 Å². The van der Waals surface area contributed by atoms with Crippen molar-refractivity contribution in [3.63, 3.8) is 0 Å². The first-order chi connectivity index (χ1) is 10.2. The molecule has 0 aliphatic carbocycles. The molecule has 0 unspecified atom stereocenters. The lowest BCUT2D eigenvalue weighted by atomic mass is 10.0. The Hall–Kier alpha value is -1.89. The predicted molar refractivity (Wildman–Crippen MR) is 74.3 cm³/mol. The van der Waals surface area contributed by atoms with Gasteiger partial charge in [0.25, 0.3) is 0 Å². The lowest BCUT2D eigenvalue weighted by molar-refractivity contribution is -0.138. The summed E-state index contributed by atoms with van der Waals surface area (Å²) < 4.78 is 7.17. The van der Waals surface area contributed by atoms with Gasteiger partial charge in [-0.25, -0.2) is 0 Å². The maximum Gasteiger partial charge on any atom is 0.228 e. The molecule has 0 radical (unpaired) electrons. The average molecular weight is 292 g/mol. The number of nitrogens with zero attached hydrogens (tertiary/aromatic N) is 3. The predicted octanol–water partition coefficient (Wildman–Crippen LogP) is -0.0610. The van der Waals surface area contributed by atoms with E-state index in [1.807, 2.05) is 15.6 Å². The number of rotatable bonds is 3. The lowest BCUT2D eigenvalue weighted by Crippen LogP contribution is -2.45. The van der Waals surface area contributed by atoms with Gasteiger partial charge in [-0.15, -0.1) is 0 Å². The maximum atomic E-state index is 12.5. The molecule has 3 heterocycles. The molecule has 0 saturated carbocycles. The molecule has 1 aromatic heterocycles. The number of hydrogen-bond donors (Lipinski definition) is 1. The van der Waals surface area contributed by atoms with Crippen molar-refractivity contribution >= 4 is 11.8 Å². The number of carbonyl (C=O) groups is 2. The van der Waals surface area contributed by atoms with Crippen LogP contribution in [0.3, 0.4) is 0 Å². The fourth-order valence-corrected chi connectivity index (χ4v) is 3.01. The van der Waals surface area contributed by atoms with E-state index in [0.717, 1.165) is 12.1 Å². The summed E-state index contributed by atoms with van der Waals surface area (Å²) in [6.45, 7) is 2.25. The third-order valence-corrected chi connectivity index (χ3v) is 4.17. The van der Waals surface area contributed by atoms with Crippen LogP contribution in [0, 0.1) is 5.92 Å². The number of hydrogen-bond acceptors (Lipinski definition) is 4. The van der Waals surface area contributed by atoms with Gasteiger partial charge in [0, 0.05) is 26.4 Å². The summed E-state index contributed by atoms with van der Waals surface area (Å²) >= 11 is 0. The first-order valence-corrected chi connectivity index (χ1v) is 7.28. The molecule has 3 rings (SSSR count). The first-order valence-electron chi connectivity index (χ1n) is 7.28. The molecule has 7 nitrogen and oxygen atoms in total. The number of ether oxygens (including phenoxy) is 1. The van der Waals surface area contributed by atoms with Crippen LogP contribution in [-0.2, 0) is 20.9 Å². The molecule has 0 aromatic carbocycles. The molecule has 2 aliphatic rings. The maximum absolute atomic E-state index is 12.5. The van der Waals surface area contributed by atoms with Gasteiger partial charge in [-0.1, -0.05) is 0 Å². The highest BCUT2D eigenvalue weighted by molar-refractivity contribution is 5.80. The van der Waals surface area contributed by atoms with E-state index in [2.05, 4.69) is 10.4 Å². The summed E-state index contributed by atoms with van der Waals surface area (Å²) in [6.07, 6.45) is 2.84. The van der Waals surface area contributed by atoms with Gasteiger partial charge in [0.2, 0.25) is 11.8 Å². The van der Waals surface area contributed by atoms with Crippen LogP contribution in [0.15, 0.2) is 12.3 Å². The van der Waals surface area contributed by atoms with Gasteiger partial charge in [-0.05, 0) is 12.5 Å². The van der Waals surface area contributed by atoms with E-state index in [-0.39, 0.29) is 23.8 Å². The summed E-state index contributed by atoms with van der Waals surface area (Å²) in [5.74, 6) is 0.0435. The minimum Gasteiger partial charge on any atom is -0.381 e. The Kier molecular flexibility index (Phi) is 3.92. The van der Waals surface area contributed by atoms with Gasteiger partial charge in [0.05, 0.1) is 37.2 Å². The van der Waals surface area contributed by atoms with Gasteiger partial charge in [-0.2, -0.15) is 5.10 Å². The smallest absolute Gasteiger partial charge is 0.228 e. The number of fused-ring (bicyclic) bond motifs is 1. The van der Waals surface area contributed by atoms with Crippen LogP contribution in [-0.4, -0.2) is 53.3 Å². The molecule has 1 aromatic rings. The van der Waals surface area contributed by atoms with Crippen molar-refractivity contribution < 1.29 is 14.3 Å². The van der Waals surface area contributed by atoms with E-state index in [1.165, 1.54) is 0 Å². The largest absolute Gasteiger partial charge is 0.381 e. The summed E-state index contributed by atoms with van der Waals surface area (Å²) in [5.41, 5.74) is 0.974. The summed E-state index contributed by atoms with van der Waals surface area (Å²) in [7, 11) is 1.62. The Morgan fingerprint density at radius 3 is 3.10 bits per heavy atom. The number of carbonyl (C=O) groups excluding carboxylic acids is 2. The summed E-state index contributed by atoms with van der Waals surface area (Å²) in [4.78, 5) is 26.1. The van der Waals surface area contributed by atoms with Gasteiger partial charge in [0.1, 0.15) is 0 Å². The van der Waals surface area contributed by atoms with Gasteiger partial charge >= 0.3 is 0 Å². The van der Waals surface area contributed by atoms with Crippen LogP contribution >= 0.6 is 0 Å². The highest BCUT2D eigenvalue weighted by Crippen LogP contribution is 2.26. The van der Waals surface area contributed by atoms with Crippen molar-refractivity contribution in [2.24, 2.45) is 5.92 Å². The van der Waals surface area contributed by atoms with E-state index >= 15 is 0 Å². The Bertz CT molecular complexity index is 536. The molecule has 1 N–H and O–H groups in total. The lowest BCUT2D eigenvalue weighted by Gasteiger charge is -2.34. The highest BCUT2D eigenvalue weighted by atomic mass is 16.5. The molecule has 1 fully saturated rings. The minimum atomic E-state index is -0.102. The standard InChI is InChI=1S/C14H20N4O3/c1-15-13(19)6-12-8-17(7-11-2-4-16-18(11)12)14(20)10-3-5-21-9-10/h2,4,10,12H,3,5-9H2,1H3,(H,15,19)/t10-,12-/m1/s1. The molecule has 2 aliphatic heterocycles. The van der Waals surface area contributed by atoms with E-state index in [1.54, 1.807) is 13.2 Å². The molecule has 1 saturated heterocycles. The highest BCUT2D eigenvalue weighted by Gasteiger charge is 2.34. The number of amides is 2. The fraction of sp³-hybridized carbons (Fsp3) is 0.643. The van der Waals surface area contributed by atoms with Crippen molar-refractivity contribution in [3.05, 3.63) is 18.0 Å². The van der Waals surface area contributed by atoms with E-state index in [9.17, 15) is 9.59 Å². The molecule has 21 heavy (non-hydrogen) atoms. The minimum absolute atomic E-state index is 0.0416. The van der Waals surface area contributed by atoms with Gasteiger partial charge in [-0.3, -0.25) is 14.3 Å². The van der Waals surface area contributed by atoms with Crippen LogP contribution in [0.4, 0.5) is 0 Å². The monoisotopic (exact) mass is 292 g/mol. The molecular weight excluding hydrogens is 272 g/mol. The molecule has 114 valence electrons. The van der Waals surface area contributed by atoms with Crippen molar-refractivity contribution in [3.8, 4) is 0 Å². The molecule has 0 spiro atoms. The second-order valence-electron chi connectivity index (χ2n) is 5.58. The zero-order chi connectivity index (χ0) is 14.8. The Labute approximate surface area is 123 Å². The van der Waals surface area contributed by atoms with E-state index in [4.69, 9.17) is 4.74 Å². The van der Waals surface area contributed by atoms with Crippen molar-refractivity contribution in [1.29, 1.82) is 0 Å². The van der Waals surface area contributed by atoms with Crippen molar-refractivity contribution in [2.75, 3.05) is 26.8 Å². The Balaban J connectivity index is 1.76. The topological polar surface area (TPSA) is 76.5 Å². The second kappa shape index (κ2) is 5.85. The van der Waals surface area contributed by atoms with Crippen LogP contribution in [0.25, 0.3) is 0 Å². The van der Waals surface area contributed by atoms with Crippen molar-refractivity contribution in [1.82, 2.24) is 20.0 Å². The number of aromatic nitrogens is 2. The van der Waals surface area contributed by atoms with E-state index < -0.39 is 0 Å². The average Bonchev–Trinajstić information content (AvgIpc) is 3.17. The SMILES string of the molecule is CNC(=O)C[C@@H]1CN(C(=O)[C@@H]2CCOC2)Cc2ccnn21. The number of nitrogens with one attached hydrogen (secondary N) is 1. The molecular formula is C14H20N4O3. The quantitative estimate of drug-likeness (QED) is 0.846. The fourth-order valence-electron chi connectivity index (χ4n) is 3.01. The van der Waals surface area contributed by atoms with Crippen LogP contribution in [0.2, 0.25) is 0 Å². The summed E-state index contributed by atoms with van der Waals surface area (Å²) in [5, 5.41) is 6.92. The molecule has 0 bridgehead atoms. The first kappa shape index (κ1) is 14.1. The molecule has 2 amide bonds. The molecule has 7 heteroatoms. The Morgan fingerprint density at radius 2 is 2.38 bits per heavy atom. The Morgan fingerprint density at radius 1 is 1.52 bits per heavy atom. The van der Waals surface area contributed by atoms with Crippen LogP contribution < -0.4 is 5.32 Å². The third kappa shape index (κ3) is 2.78. The third-order valence-electron chi connectivity index (χ3n) is 4.17. The normalized spacial score (nSPS) is 24.7. The zero-order valence-electron chi connectivity index (χ0n) is 12.1. The zero-order valence-corrected chi connectivity index (χ0v) is 12.1. The van der Waals surface area contributed by atoms with Gasteiger partial charge < -0.3 is 15.0 Å².